The molecule has 2 aliphatic rings. The first-order valence-electron chi connectivity index (χ1n) is 11.5. The molecule has 3 aromatic rings. The van der Waals surface area contributed by atoms with Gasteiger partial charge in [-0.3, -0.25) is 19.3 Å². The molecule has 1 aliphatic heterocycles. The van der Waals surface area contributed by atoms with Crippen LogP contribution in [0.1, 0.15) is 55.0 Å². The van der Waals surface area contributed by atoms with Crippen molar-refractivity contribution in [2.45, 2.75) is 51.6 Å². The quantitative estimate of drug-likeness (QED) is 0.590. The second kappa shape index (κ2) is 8.91. The van der Waals surface area contributed by atoms with Gasteiger partial charge in [0.1, 0.15) is 11.9 Å². The van der Waals surface area contributed by atoms with Crippen molar-refractivity contribution in [3.63, 3.8) is 0 Å². The summed E-state index contributed by atoms with van der Waals surface area (Å²) in [6.45, 7) is 3.16. The van der Waals surface area contributed by atoms with Crippen LogP contribution in [0.3, 0.4) is 0 Å². The molecule has 0 bridgehead atoms. The summed E-state index contributed by atoms with van der Waals surface area (Å²) in [4.78, 5) is 23.4. The fourth-order valence-electron chi connectivity index (χ4n) is 5.01. The first kappa shape index (κ1) is 21.5. The molecule has 1 atom stereocenters. The van der Waals surface area contributed by atoms with Gasteiger partial charge in [0.25, 0.3) is 0 Å². The molecule has 0 unspecified atom stereocenters. The lowest BCUT2D eigenvalue weighted by atomic mass is 9.81. The van der Waals surface area contributed by atoms with Crippen LogP contribution in [0.4, 0.5) is 4.39 Å². The molecule has 1 aliphatic carbocycles. The van der Waals surface area contributed by atoms with Gasteiger partial charge in [-0.15, -0.1) is 0 Å². The van der Waals surface area contributed by atoms with Gasteiger partial charge in [-0.1, -0.05) is 6.07 Å². The Balaban J connectivity index is 1.22. The zero-order valence-electron chi connectivity index (χ0n) is 18.6. The SMILES string of the molecule is Cc1ccc([C@@H]2CCON2C(=O)C2CCC(Cn3ncc4cc(C#N)c(F)cc43)CC2)cn1. The summed E-state index contributed by atoms with van der Waals surface area (Å²) in [6.07, 6.45) is 7.70. The summed E-state index contributed by atoms with van der Waals surface area (Å²) in [5, 5.41) is 15.8. The molecular formula is C25H26FN5O2. The fraction of sp³-hybridized carbons (Fsp3) is 0.440. The predicted molar refractivity (Wildman–Crippen MR) is 119 cm³/mol. The Morgan fingerprint density at radius 1 is 1.21 bits per heavy atom. The number of aryl methyl sites for hydroxylation is 1. The van der Waals surface area contributed by atoms with Crippen LogP contribution in [0.25, 0.3) is 10.9 Å². The number of nitrogens with zero attached hydrogens (tertiary/aromatic N) is 5. The van der Waals surface area contributed by atoms with E-state index in [9.17, 15) is 9.18 Å². The van der Waals surface area contributed by atoms with E-state index in [1.54, 1.807) is 17.3 Å². The second-order valence-corrected chi connectivity index (χ2v) is 9.08. The van der Waals surface area contributed by atoms with Crippen molar-refractivity contribution in [3.8, 4) is 6.07 Å². The Bertz CT molecular complexity index is 1210. The third-order valence-corrected chi connectivity index (χ3v) is 6.92. The third kappa shape index (κ3) is 4.21. The molecule has 1 saturated heterocycles. The molecule has 2 aromatic heterocycles. The highest BCUT2D eigenvalue weighted by molar-refractivity contribution is 5.80. The molecule has 8 heteroatoms. The molecule has 3 heterocycles. The molecule has 170 valence electrons. The van der Waals surface area contributed by atoms with Crippen molar-refractivity contribution >= 4 is 16.8 Å². The highest BCUT2D eigenvalue weighted by Crippen LogP contribution is 2.36. The summed E-state index contributed by atoms with van der Waals surface area (Å²) >= 11 is 0. The van der Waals surface area contributed by atoms with E-state index in [1.165, 1.54) is 6.07 Å². The molecule has 0 spiro atoms. The maximum atomic E-state index is 14.1. The van der Waals surface area contributed by atoms with E-state index in [-0.39, 0.29) is 23.4 Å². The lowest BCUT2D eigenvalue weighted by molar-refractivity contribution is -0.183. The molecule has 1 aromatic carbocycles. The number of halogens is 1. The molecule has 0 N–H and O–H groups in total. The molecule has 1 amide bonds. The van der Waals surface area contributed by atoms with Gasteiger partial charge in [-0.05, 0) is 56.2 Å². The first-order valence-corrected chi connectivity index (χ1v) is 11.5. The average molecular weight is 448 g/mol. The molecule has 0 radical (unpaired) electrons. The number of aromatic nitrogens is 3. The summed E-state index contributed by atoms with van der Waals surface area (Å²) in [5.74, 6) is -0.144. The van der Waals surface area contributed by atoms with Crippen molar-refractivity contribution < 1.29 is 14.0 Å². The van der Waals surface area contributed by atoms with Crippen LogP contribution in [-0.2, 0) is 16.2 Å². The van der Waals surface area contributed by atoms with Gasteiger partial charge in [0, 0.05) is 42.2 Å². The van der Waals surface area contributed by atoms with Crippen LogP contribution in [-0.4, -0.2) is 32.3 Å². The molecule has 1 saturated carbocycles. The molecule has 7 nitrogen and oxygen atoms in total. The molecule has 2 fully saturated rings. The Morgan fingerprint density at radius 2 is 2.03 bits per heavy atom. The minimum absolute atomic E-state index is 0.0323. The van der Waals surface area contributed by atoms with Gasteiger partial charge in [-0.25, -0.2) is 9.45 Å². The minimum atomic E-state index is -0.523. The van der Waals surface area contributed by atoms with Crippen molar-refractivity contribution in [1.82, 2.24) is 19.8 Å². The lowest BCUT2D eigenvalue weighted by Gasteiger charge is -2.32. The molecule has 5 rings (SSSR count). The van der Waals surface area contributed by atoms with Crippen LogP contribution >= 0.6 is 0 Å². The Kier molecular flexibility index (Phi) is 5.81. The zero-order valence-corrected chi connectivity index (χ0v) is 18.6. The average Bonchev–Trinajstić information content (AvgIpc) is 3.47. The molecule has 33 heavy (non-hydrogen) atoms. The van der Waals surface area contributed by atoms with Gasteiger partial charge in [0.15, 0.2) is 0 Å². The number of pyridine rings is 1. The monoisotopic (exact) mass is 447 g/mol. The smallest absolute Gasteiger partial charge is 0.249 e. The third-order valence-electron chi connectivity index (χ3n) is 6.92. The van der Waals surface area contributed by atoms with Gasteiger partial charge < -0.3 is 0 Å². The van der Waals surface area contributed by atoms with Crippen LogP contribution < -0.4 is 0 Å². The number of hydrogen-bond acceptors (Lipinski definition) is 5. The minimum Gasteiger partial charge on any atom is -0.272 e. The number of nitriles is 1. The Labute approximate surface area is 191 Å². The van der Waals surface area contributed by atoms with E-state index in [0.717, 1.165) is 48.7 Å². The summed E-state index contributed by atoms with van der Waals surface area (Å²) < 4.78 is 15.9. The highest BCUT2D eigenvalue weighted by atomic mass is 19.1. The van der Waals surface area contributed by atoms with Crippen molar-refractivity contribution in [3.05, 3.63) is 59.3 Å². The summed E-state index contributed by atoms with van der Waals surface area (Å²) in [5.41, 5.74) is 2.69. The van der Waals surface area contributed by atoms with Crippen LogP contribution in [0.15, 0.2) is 36.7 Å². The topological polar surface area (TPSA) is 84.0 Å². The number of amides is 1. The number of hydrogen-bond donors (Lipinski definition) is 0. The predicted octanol–water partition coefficient (Wildman–Crippen LogP) is 4.46. The normalized spacial score (nSPS) is 23.1. The van der Waals surface area contributed by atoms with Crippen LogP contribution in [0.2, 0.25) is 0 Å². The number of benzene rings is 1. The van der Waals surface area contributed by atoms with E-state index in [2.05, 4.69) is 10.1 Å². The first-order chi connectivity index (χ1) is 16.0. The van der Waals surface area contributed by atoms with E-state index >= 15 is 0 Å². The Hall–Kier alpha value is -3.31. The number of carbonyl (C=O) groups is 1. The van der Waals surface area contributed by atoms with Crippen molar-refractivity contribution in [2.75, 3.05) is 6.61 Å². The van der Waals surface area contributed by atoms with Crippen LogP contribution in [0, 0.1) is 35.9 Å². The number of hydroxylamine groups is 2. The lowest BCUT2D eigenvalue weighted by Crippen LogP contribution is -2.37. The highest BCUT2D eigenvalue weighted by Gasteiger charge is 2.37. The maximum absolute atomic E-state index is 14.1. The molecular weight excluding hydrogens is 421 g/mol. The second-order valence-electron chi connectivity index (χ2n) is 9.08. The van der Waals surface area contributed by atoms with Crippen molar-refractivity contribution in [1.29, 1.82) is 5.26 Å². The Morgan fingerprint density at radius 3 is 2.76 bits per heavy atom. The number of carbonyl (C=O) groups excluding carboxylic acids is 1. The van der Waals surface area contributed by atoms with Gasteiger partial charge in [0.05, 0.1) is 29.9 Å². The van der Waals surface area contributed by atoms with E-state index in [0.29, 0.717) is 24.6 Å². The van der Waals surface area contributed by atoms with E-state index in [4.69, 9.17) is 10.1 Å². The van der Waals surface area contributed by atoms with Gasteiger partial charge in [-0.2, -0.15) is 10.4 Å². The summed E-state index contributed by atoms with van der Waals surface area (Å²) in [6, 6.07) is 8.71. The number of fused-ring (bicyclic) bond motifs is 1. The van der Waals surface area contributed by atoms with Crippen LogP contribution in [0.5, 0.6) is 0 Å². The fourth-order valence-corrected chi connectivity index (χ4v) is 5.01. The van der Waals surface area contributed by atoms with Gasteiger partial charge >= 0.3 is 0 Å². The number of rotatable bonds is 4. The summed E-state index contributed by atoms with van der Waals surface area (Å²) in [7, 11) is 0. The largest absolute Gasteiger partial charge is 0.272 e. The zero-order chi connectivity index (χ0) is 22.9. The van der Waals surface area contributed by atoms with Gasteiger partial charge in [0.2, 0.25) is 5.91 Å². The maximum Gasteiger partial charge on any atom is 0.249 e. The standard InChI is InChI=1S/C25H26FN5O2/c1-16-2-5-19(13-28-16)23-8-9-33-31(23)25(32)18-6-3-17(4-7-18)15-30-24-11-22(26)20(12-27)10-21(24)14-29-30/h2,5,10-11,13-14,17-18,23H,3-4,6-9,15H2,1H3/t17?,18?,23-/m0/s1. The van der Waals surface area contributed by atoms with E-state index in [1.807, 2.05) is 36.0 Å². The van der Waals surface area contributed by atoms with E-state index < -0.39 is 5.82 Å². The van der Waals surface area contributed by atoms with Crippen molar-refractivity contribution in [2.24, 2.45) is 11.8 Å².